The number of benzene rings is 2. The van der Waals surface area contributed by atoms with Crippen LogP contribution in [0, 0.1) is 11.7 Å². The molecule has 3 N–H and O–H groups in total. The molecule has 5 aromatic rings. The summed E-state index contributed by atoms with van der Waals surface area (Å²) in [4.78, 5) is 28.6. The van der Waals surface area contributed by atoms with Gasteiger partial charge in [0.15, 0.2) is 5.82 Å². The first-order chi connectivity index (χ1) is 18.8. The Labute approximate surface area is 224 Å². The number of imidazole rings is 1. The van der Waals surface area contributed by atoms with Gasteiger partial charge in [-0.2, -0.15) is 5.10 Å². The monoisotopic (exact) mass is 521 g/mol. The van der Waals surface area contributed by atoms with Crippen LogP contribution in [0.1, 0.15) is 32.8 Å². The first kappa shape index (κ1) is 25.7. The second-order valence-corrected chi connectivity index (χ2v) is 9.75. The fourth-order valence-corrected chi connectivity index (χ4v) is 4.49. The number of pyridine rings is 1. The molecule has 0 spiro atoms. The Bertz CT molecular complexity index is 1760. The lowest BCUT2D eigenvalue weighted by Crippen LogP contribution is -2.22. The smallest absolute Gasteiger partial charge is 0.224 e. The molecule has 1 amide bonds. The molecule has 0 saturated carbocycles. The molecule has 196 valence electrons. The van der Waals surface area contributed by atoms with Gasteiger partial charge < -0.3 is 10.3 Å². The Balaban J connectivity index is 1.54. The summed E-state index contributed by atoms with van der Waals surface area (Å²) >= 11 is 0. The van der Waals surface area contributed by atoms with Crippen molar-refractivity contribution in [3.8, 4) is 22.6 Å². The van der Waals surface area contributed by atoms with Crippen LogP contribution in [0.15, 0.2) is 77.8 Å². The van der Waals surface area contributed by atoms with Gasteiger partial charge in [-0.25, -0.2) is 9.37 Å². The predicted octanol–water partition coefficient (Wildman–Crippen LogP) is 6.41. The van der Waals surface area contributed by atoms with Crippen molar-refractivity contribution in [3.05, 3.63) is 84.2 Å². The summed E-state index contributed by atoms with van der Waals surface area (Å²) < 4.78 is 13.9. The molecule has 8 nitrogen and oxygen atoms in total. The number of nitrogens with one attached hydrogen (secondary N) is 3. The molecular weight excluding hydrogens is 493 g/mol. The first-order valence-electron chi connectivity index (χ1n) is 12.5. The largest absolute Gasteiger partial charge is 0.335 e. The number of aromatic nitrogens is 5. The van der Waals surface area contributed by atoms with Crippen molar-refractivity contribution in [2.24, 2.45) is 10.9 Å². The van der Waals surface area contributed by atoms with Crippen molar-refractivity contribution in [1.29, 1.82) is 0 Å². The lowest BCUT2D eigenvalue weighted by Gasteiger charge is -2.09. The molecular formula is C30H28FN7O. The standard InChI is InChI=1S/C30H28FN7O/c1-17(2)10-27(39)34-18(3)11-21(14-32-4)19-8-9-25-23(13-19)29(38-37-25)30-35-26-16-33-15-24(28(26)36-30)20-6-5-7-22(31)12-20/h5-9,11-17H,4,10H2,1-3H3,(H,34,39)(H,35,36)(H,37,38)/b18-11+,21-14+. The average Bonchev–Trinajstić information content (AvgIpc) is 3.51. The highest BCUT2D eigenvalue weighted by molar-refractivity contribution is 5.98. The zero-order valence-electron chi connectivity index (χ0n) is 21.9. The summed E-state index contributed by atoms with van der Waals surface area (Å²) in [6.45, 7) is 9.46. The molecule has 3 aromatic heterocycles. The van der Waals surface area contributed by atoms with Crippen molar-refractivity contribution in [2.45, 2.75) is 27.2 Å². The van der Waals surface area contributed by atoms with Crippen LogP contribution >= 0.6 is 0 Å². The third-order valence-electron chi connectivity index (χ3n) is 6.18. The molecule has 3 heterocycles. The molecule has 0 radical (unpaired) electrons. The zero-order valence-corrected chi connectivity index (χ0v) is 21.9. The van der Waals surface area contributed by atoms with Gasteiger partial charge in [-0.1, -0.05) is 32.0 Å². The highest BCUT2D eigenvalue weighted by atomic mass is 19.1. The number of H-pyrrole nitrogens is 2. The van der Waals surface area contributed by atoms with Crippen molar-refractivity contribution < 1.29 is 9.18 Å². The van der Waals surface area contributed by atoms with Gasteiger partial charge in [0.25, 0.3) is 0 Å². The number of amides is 1. The van der Waals surface area contributed by atoms with Gasteiger partial charge in [0.2, 0.25) is 5.91 Å². The van der Waals surface area contributed by atoms with E-state index in [1.165, 1.54) is 12.1 Å². The fraction of sp³-hybridized carbons (Fsp3) is 0.167. The van der Waals surface area contributed by atoms with Gasteiger partial charge in [-0.05, 0) is 61.0 Å². The second kappa shape index (κ2) is 10.8. The maximum Gasteiger partial charge on any atom is 0.224 e. The summed E-state index contributed by atoms with van der Waals surface area (Å²) in [7, 11) is 0. The molecule has 0 bridgehead atoms. The summed E-state index contributed by atoms with van der Waals surface area (Å²) in [5, 5.41) is 11.4. The van der Waals surface area contributed by atoms with Crippen molar-refractivity contribution in [3.63, 3.8) is 0 Å². The molecule has 0 aliphatic heterocycles. The van der Waals surface area contributed by atoms with Crippen LogP contribution in [-0.2, 0) is 4.79 Å². The highest BCUT2D eigenvalue weighted by Gasteiger charge is 2.17. The number of allylic oxidation sites excluding steroid dienone is 3. The third kappa shape index (κ3) is 5.52. The van der Waals surface area contributed by atoms with Gasteiger partial charge in [0.1, 0.15) is 11.5 Å². The van der Waals surface area contributed by atoms with E-state index in [0.717, 1.165) is 27.6 Å². The van der Waals surface area contributed by atoms with Crippen molar-refractivity contribution in [2.75, 3.05) is 0 Å². The molecule has 9 heteroatoms. The zero-order chi connectivity index (χ0) is 27.5. The summed E-state index contributed by atoms with van der Waals surface area (Å²) in [5.41, 5.74) is 6.61. The molecule has 0 aliphatic rings. The molecule has 0 saturated heterocycles. The number of aromatic amines is 2. The Morgan fingerprint density at radius 2 is 2.03 bits per heavy atom. The Morgan fingerprint density at radius 3 is 2.79 bits per heavy atom. The van der Waals surface area contributed by atoms with E-state index in [1.807, 2.05) is 51.1 Å². The summed E-state index contributed by atoms with van der Waals surface area (Å²) in [5.74, 6) is 0.463. The molecule has 0 aliphatic carbocycles. The van der Waals surface area contributed by atoms with Gasteiger partial charge in [-0.3, -0.25) is 19.9 Å². The Hall–Kier alpha value is -4.92. The van der Waals surface area contributed by atoms with E-state index >= 15 is 0 Å². The van der Waals surface area contributed by atoms with Crippen LogP contribution < -0.4 is 5.32 Å². The van der Waals surface area contributed by atoms with E-state index < -0.39 is 0 Å². The van der Waals surface area contributed by atoms with Gasteiger partial charge in [-0.15, -0.1) is 0 Å². The van der Waals surface area contributed by atoms with Crippen LogP contribution in [0.3, 0.4) is 0 Å². The fourth-order valence-electron chi connectivity index (χ4n) is 4.49. The van der Waals surface area contributed by atoms with E-state index in [9.17, 15) is 9.18 Å². The topological polar surface area (TPSA) is 112 Å². The van der Waals surface area contributed by atoms with Crippen LogP contribution in [-0.4, -0.2) is 37.8 Å². The van der Waals surface area contributed by atoms with Crippen molar-refractivity contribution >= 4 is 40.1 Å². The number of carbonyl (C=O) groups excluding carboxylic acids is 1. The minimum atomic E-state index is -0.326. The maximum atomic E-state index is 13.9. The number of carbonyl (C=O) groups is 1. The van der Waals surface area contributed by atoms with Crippen LogP contribution in [0.5, 0.6) is 0 Å². The van der Waals surface area contributed by atoms with Gasteiger partial charge in [0.05, 0.1) is 22.7 Å². The van der Waals surface area contributed by atoms with Gasteiger partial charge in [0, 0.05) is 41.0 Å². The van der Waals surface area contributed by atoms with Gasteiger partial charge >= 0.3 is 0 Å². The molecule has 39 heavy (non-hydrogen) atoms. The maximum absolute atomic E-state index is 13.9. The summed E-state index contributed by atoms with van der Waals surface area (Å²) in [6.07, 6.45) is 7.33. The number of hydrogen-bond donors (Lipinski definition) is 3. The number of aliphatic imine (C=N–C) groups is 1. The molecule has 0 unspecified atom stereocenters. The van der Waals surface area contributed by atoms with Crippen LogP contribution in [0.4, 0.5) is 4.39 Å². The SMILES string of the molecule is C=N/C=C(\C=C(/C)NC(=O)CC(C)C)c1ccc2[nH]nc(-c3nc4c(-c5cccc(F)c5)cncc4[nH]3)c2c1. The van der Waals surface area contributed by atoms with Crippen LogP contribution in [0.2, 0.25) is 0 Å². The number of halogens is 1. The Morgan fingerprint density at radius 1 is 1.18 bits per heavy atom. The molecule has 0 atom stereocenters. The number of rotatable bonds is 8. The minimum Gasteiger partial charge on any atom is -0.335 e. The molecule has 2 aromatic carbocycles. The minimum absolute atomic E-state index is 0.0331. The van der Waals surface area contributed by atoms with E-state index in [-0.39, 0.29) is 17.6 Å². The lowest BCUT2D eigenvalue weighted by molar-refractivity contribution is -0.121. The van der Waals surface area contributed by atoms with E-state index in [1.54, 1.807) is 24.7 Å². The quantitative estimate of drug-likeness (QED) is 0.162. The van der Waals surface area contributed by atoms with Crippen LogP contribution in [0.25, 0.3) is 50.2 Å². The lowest BCUT2D eigenvalue weighted by atomic mass is 10.0. The predicted molar refractivity (Wildman–Crippen MR) is 153 cm³/mol. The number of fused-ring (bicyclic) bond motifs is 2. The van der Waals surface area contributed by atoms with E-state index in [0.29, 0.717) is 40.2 Å². The Kier molecular flexibility index (Phi) is 7.14. The second-order valence-electron chi connectivity index (χ2n) is 9.75. The highest BCUT2D eigenvalue weighted by Crippen LogP contribution is 2.32. The number of hydrogen-bond acceptors (Lipinski definition) is 5. The first-order valence-corrected chi connectivity index (χ1v) is 12.5. The molecule has 5 rings (SSSR count). The van der Waals surface area contributed by atoms with E-state index in [2.05, 4.69) is 37.2 Å². The molecule has 0 fully saturated rings. The van der Waals surface area contributed by atoms with Crippen molar-refractivity contribution in [1.82, 2.24) is 30.5 Å². The summed E-state index contributed by atoms with van der Waals surface area (Å²) in [6, 6.07) is 12.2. The average molecular weight is 522 g/mol. The third-order valence-corrected chi connectivity index (χ3v) is 6.18. The number of nitrogens with zero attached hydrogens (tertiary/aromatic N) is 4. The van der Waals surface area contributed by atoms with E-state index in [4.69, 9.17) is 4.98 Å². The normalized spacial score (nSPS) is 12.4.